The molecule has 5 heteroatoms. The van der Waals surface area contributed by atoms with Crippen LogP contribution in [0.15, 0.2) is 48.9 Å². The first-order valence-corrected chi connectivity index (χ1v) is 9.05. The number of aromatic nitrogens is 3. The fourth-order valence-electron chi connectivity index (χ4n) is 3.22. The fourth-order valence-corrected chi connectivity index (χ4v) is 3.22. The Morgan fingerprint density at radius 1 is 1.16 bits per heavy atom. The largest absolute Gasteiger partial charge is 0.361 e. The van der Waals surface area contributed by atoms with Gasteiger partial charge in [0, 0.05) is 18.9 Å². The number of anilines is 1. The molecule has 132 valence electrons. The summed E-state index contributed by atoms with van der Waals surface area (Å²) in [6.07, 6.45) is 6.60. The Labute approximate surface area is 149 Å². The summed E-state index contributed by atoms with van der Waals surface area (Å²) in [5, 5.41) is 8.06. The highest BCUT2D eigenvalue weighted by atomic mass is 15.2. The zero-order valence-corrected chi connectivity index (χ0v) is 15.3. The van der Waals surface area contributed by atoms with Crippen molar-refractivity contribution in [1.82, 2.24) is 19.5 Å². The second kappa shape index (κ2) is 8.12. The van der Waals surface area contributed by atoms with Crippen molar-refractivity contribution < 1.29 is 0 Å². The monoisotopic (exact) mass is 337 g/mol. The number of nitrogens with zero attached hydrogens (tertiary/aromatic N) is 4. The molecule has 0 radical (unpaired) electrons. The van der Waals surface area contributed by atoms with E-state index in [1.54, 1.807) is 6.20 Å². The number of hydrogen-bond donors (Lipinski definition) is 1. The molecule has 3 aromatic rings. The molecule has 25 heavy (non-hydrogen) atoms. The molecule has 2 heterocycles. The molecule has 5 nitrogen and oxygen atoms in total. The average molecular weight is 337 g/mol. The van der Waals surface area contributed by atoms with Crippen LogP contribution in [0, 0.1) is 6.92 Å². The van der Waals surface area contributed by atoms with Crippen molar-refractivity contribution in [3.05, 3.63) is 60.0 Å². The van der Waals surface area contributed by atoms with Crippen LogP contribution in [0.1, 0.15) is 37.4 Å². The van der Waals surface area contributed by atoms with Crippen molar-refractivity contribution >= 4 is 11.3 Å². The van der Waals surface area contributed by atoms with Gasteiger partial charge < -0.3 is 10.2 Å². The Kier molecular flexibility index (Phi) is 5.66. The molecular formula is C20H27N5. The smallest absolute Gasteiger partial charge is 0.152 e. The van der Waals surface area contributed by atoms with Crippen molar-refractivity contribution in [3.8, 4) is 0 Å². The van der Waals surface area contributed by atoms with E-state index in [0.717, 1.165) is 43.0 Å². The number of benzene rings is 1. The summed E-state index contributed by atoms with van der Waals surface area (Å²) in [5.74, 6) is 0.894. The number of hydrogen-bond acceptors (Lipinski definition) is 4. The molecule has 0 bridgehead atoms. The predicted molar refractivity (Wildman–Crippen MR) is 103 cm³/mol. The SMILES string of the molecule is CCN(CC)CCC(Nc1nccn2ncc(C)c12)c1ccccc1. The summed E-state index contributed by atoms with van der Waals surface area (Å²) in [6, 6.07) is 10.8. The molecule has 0 saturated heterocycles. The minimum Gasteiger partial charge on any atom is -0.361 e. The van der Waals surface area contributed by atoms with E-state index in [4.69, 9.17) is 0 Å². The van der Waals surface area contributed by atoms with Gasteiger partial charge in [0.05, 0.1) is 12.2 Å². The van der Waals surface area contributed by atoms with Gasteiger partial charge in [-0.2, -0.15) is 5.10 Å². The average Bonchev–Trinajstić information content (AvgIpc) is 3.04. The minimum absolute atomic E-state index is 0.217. The highest BCUT2D eigenvalue weighted by molar-refractivity contribution is 5.71. The summed E-state index contributed by atoms with van der Waals surface area (Å²) in [7, 11) is 0. The Morgan fingerprint density at radius 3 is 2.64 bits per heavy atom. The first-order chi connectivity index (χ1) is 12.2. The molecule has 2 aromatic heterocycles. The van der Waals surface area contributed by atoms with Crippen molar-refractivity contribution in [1.29, 1.82) is 0 Å². The molecular weight excluding hydrogens is 310 g/mol. The first-order valence-electron chi connectivity index (χ1n) is 9.05. The molecule has 0 aliphatic carbocycles. The molecule has 0 saturated carbocycles. The summed E-state index contributed by atoms with van der Waals surface area (Å²) in [6.45, 7) is 9.71. The Hall–Kier alpha value is -2.40. The molecule has 1 atom stereocenters. The molecule has 0 aliphatic rings. The Morgan fingerprint density at radius 2 is 1.92 bits per heavy atom. The van der Waals surface area contributed by atoms with Gasteiger partial charge in [0.15, 0.2) is 5.82 Å². The van der Waals surface area contributed by atoms with Gasteiger partial charge in [0.1, 0.15) is 5.52 Å². The van der Waals surface area contributed by atoms with Gasteiger partial charge in [-0.1, -0.05) is 44.2 Å². The molecule has 0 spiro atoms. The quantitative estimate of drug-likeness (QED) is 0.677. The maximum absolute atomic E-state index is 4.59. The van der Waals surface area contributed by atoms with Crippen LogP contribution in [0.25, 0.3) is 5.52 Å². The molecule has 1 aromatic carbocycles. The molecule has 1 unspecified atom stereocenters. The predicted octanol–water partition coefficient (Wildman–Crippen LogP) is 3.92. The Bertz CT molecular complexity index is 792. The van der Waals surface area contributed by atoms with E-state index in [9.17, 15) is 0 Å². The van der Waals surface area contributed by atoms with E-state index in [2.05, 4.69) is 71.4 Å². The van der Waals surface area contributed by atoms with Gasteiger partial charge in [0.2, 0.25) is 0 Å². The standard InChI is InChI=1S/C20H27N5/c1-4-24(5-2)13-11-18(17-9-7-6-8-10-17)23-20-19-16(3)15-22-25(19)14-12-21-20/h6-10,12,14-15,18H,4-5,11,13H2,1-3H3,(H,21,23). The van der Waals surface area contributed by atoms with Crippen LogP contribution in [-0.4, -0.2) is 39.1 Å². The zero-order valence-electron chi connectivity index (χ0n) is 15.3. The molecule has 0 amide bonds. The van der Waals surface area contributed by atoms with Crippen molar-refractivity contribution in [2.75, 3.05) is 25.0 Å². The normalized spacial score (nSPS) is 12.6. The van der Waals surface area contributed by atoms with Crippen LogP contribution in [-0.2, 0) is 0 Å². The molecule has 3 rings (SSSR count). The van der Waals surface area contributed by atoms with E-state index in [-0.39, 0.29) is 6.04 Å². The van der Waals surface area contributed by atoms with Crippen LogP contribution in [0.4, 0.5) is 5.82 Å². The van der Waals surface area contributed by atoms with Gasteiger partial charge >= 0.3 is 0 Å². The number of rotatable bonds is 8. The van der Waals surface area contributed by atoms with Gasteiger partial charge in [-0.15, -0.1) is 0 Å². The summed E-state index contributed by atoms with van der Waals surface area (Å²) in [4.78, 5) is 7.04. The number of fused-ring (bicyclic) bond motifs is 1. The lowest BCUT2D eigenvalue weighted by atomic mass is 10.0. The van der Waals surface area contributed by atoms with Gasteiger partial charge in [-0.3, -0.25) is 0 Å². The van der Waals surface area contributed by atoms with Crippen LogP contribution in [0.3, 0.4) is 0 Å². The number of aryl methyl sites for hydroxylation is 1. The lowest BCUT2D eigenvalue weighted by Crippen LogP contribution is -2.27. The van der Waals surface area contributed by atoms with E-state index >= 15 is 0 Å². The molecule has 0 fully saturated rings. The first kappa shape index (κ1) is 17.4. The zero-order chi connectivity index (χ0) is 17.6. The van der Waals surface area contributed by atoms with Crippen molar-refractivity contribution in [2.45, 2.75) is 33.2 Å². The third kappa shape index (κ3) is 3.99. The summed E-state index contributed by atoms with van der Waals surface area (Å²) >= 11 is 0. The number of nitrogens with one attached hydrogen (secondary N) is 1. The van der Waals surface area contributed by atoms with E-state index < -0.39 is 0 Å². The van der Waals surface area contributed by atoms with Crippen LogP contribution >= 0.6 is 0 Å². The van der Waals surface area contributed by atoms with E-state index in [1.807, 2.05) is 16.9 Å². The summed E-state index contributed by atoms with van der Waals surface area (Å²) < 4.78 is 1.89. The van der Waals surface area contributed by atoms with Crippen molar-refractivity contribution in [2.24, 2.45) is 0 Å². The third-order valence-corrected chi connectivity index (χ3v) is 4.76. The fraction of sp³-hybridized carbons (Fsp3) is 0.400. The van der Waals surface area contributed by atoms with Crippen LogP contribution in [0.5, 0.6) is 0 Å². The third-order valence-electron chi connectivity index (χ3n) is 4.76. The van der Waals surface area contributed by atoms with Crippen molar-refractivity contribution in [3.63, 3.8) is 0 Å². The van der Waals surface area contributed by atoms with Gasteiger partial charge in [-0.05, 0) is 37.6 Å². The lowest BCUT2D eigenvalue weighted by Gasteiger charge is -2.24. The minimum atomic E-state index is 0.217. The second-order valence-corrected chi connectivity index (χ2v) is 6.32. The van der Waals surface area contributed by atoms with Crippen LogP contribution in [0.2, 0.25) is 0 Å². The highest BCUT2D eigenvalue weighted by Crippen LogP contribution is 2.25. The maximum Gasteiger partial charge on any atom is 0.152 e. The van der Waals surface area contributed by atoms with Gasteiger partial charge in [0.25, 0.3) is 0 Å². The van der Waals surface area contributed by atoms with Crippen LogP contribution < -0.4 is 5.32 Å². The molecule has 0 aliphatic heterocycles. The highest BCUT2D eigenvalue weighted by Gasteiger charge is 2.16. The maximum atomic E-state index is 4.59. The van der Waals surface area contributed by atoms with Gasteiger partial charge in [-0.25, -0.2) is 9.50 Å². The second-order valence-electron chi connectivity index (χ2n) is 6.32. The van der Waals surface area contributed by atoms with E-state index in [1.165, 1.54) is 5.56 Å². The summed E-state index contributed by atoms with van der Waals surface area (Å²) in [5.41, 5.74) is 3.47. The molecule has 1 N–H and O–H groups in total. The Balaban J connectivity index is 1.87. The lowest BCUT2D eigenvalue weighted by molar-refractivity contribution is 0.293. The van der Waals surface area contributed by atoms with E-state index in [0.29, 0.717) is 0 Å². The topological polar surface area (TPSA) is 45.5 Å².